The van der Waals surface area contributed by atoms with Crippen LogP contribution in [-0.4, -0.2) is 11.5 Å². The Labute approximate surface area is 132 Å². The van der Waals surface area contributed by atoms with Crippen LogP contribution in [0, 0.1) is 17.0 Å². The van der Waals surface area contributed by atoms with Gasteiger partial charge in [-0.25, -0.2) is 0 Å². The molecule has 0 aromatic heterocycles. The maximum absolute atomic E-state index is 10.6. The molecule has 2 aromatic carbocycles. The summed E-state index contributed by atoms with van der Waals surface area (Å²) < 4.78 is 1.12. The first-order valence-corrected chi connectivity index (χ1v) is 7.54. The topological polar surface area (TPSA) is 55.2 Å². The lowest BCUT2D eigenvalue weighted by molar-refractivity contribution is -0.384. The zero-order valence-corrected chi connectivity index (χ0v) is 13.4. The third kappa shape index (κ3) is 4.65. The summed E-state index contributed by atoms with van der Waals surface area (Å²) in [5, 5.41) is 14.0. The molecule has 5 heteroatoms. The molecule has 0 unspecified atom stereocenters. The van der Waals surface area contributed by atoms with Crippen LogP contribution in [0.2, 0.25) is 0 Å². The highest BCUT2D eigenvalue weighted by Crippen LogP contribution is 2.18. The van der Waals surface area contributed by atoms with Crippen LogP contribution in [0.25, 0.3) is 0 Å². The Morgan fingerprint density at radius 3 is 2.52 bits per heavy atom. The molecule has 4 nitrogen and oxygen atoms in total. The van der Waals surface area contributed by atoms with E-state index in [9.17, 15) is 10.1 Å². The number of hydrogen-bond acceptors (Lipinski definition) is 3. The molecule has 0 fully saturated rings. The summed E-state index contributed by atoms with van der Waals surface area (Å²) in [6.45, 7) is 3.70. The fourth-order valence-corrected chi connectivity index (χ4v) is 2.67. The van der Waals surface area contributed by atoms with Gasteiger partial charge in [0, 0.05) is 23.2 Å². The molecular weight excluding hydrogens is 332 g/mol. The van der Waals surface area contributed by atoms with Crippen molar-refractivity contribution in [1.29, 1.82) is 0 Å². The molecule has 0 heterocycles. The first kappa shape index (κ1) is 15.7. The van der Waals surface area contributed by atoms with E-state index in [-0.39, 0.29) is 10.6 Å². The van der Waals surface area contributed by atoms with E-state index in [0.717, 1.165) is 29.5 Å². The van der Waals surface area contributed by atoms with Crippen molar-refractivity contribution in [3.05, 3.63) is 73.7 Å². The molecule has 0 atom stereocenters. The summed E-state index contributed by atoms with van der Waals surface area (Å²) in [6.07, 6.45) is 0.849. The van der Waals surface area contributed by atoms with Gasteiger partial charge in [-0.2, -0.15) is 0 Å². The Morgan fingerprint density at radius 2 is 1.90 bits per heavy atom. The maximum Gasteiger partial charge on any atom is 0.269 e. The van der Waals surface area contributed by atoms with E-state index in [0.29, 0.717) is 0 Å². The Morgan fingerprint density at radius 1 is 1.19 bits per heavy atom. The number of non-ortho nitro benzene ring substituents is 1. The second kappa shape index (κ2) is 7.33. The van der Waals surface area contributed by atoms with Crippen LogP contribution < -0.4 is 5.32 Å². The van der Waals surface area contributed by atoms with Crippen molar-refractivity contribution >= 4 is 21.6 Å². The Balaban J connectivity index is 1.80. The third-order valence-electron chi connectivity index (χ3n) is 3.26. The summed E-state index contributed by atoms with van der Waals surface area (Å²) in [5.41, 5.74) is 3.69. The predicted octanol–water partition coefficient (Wildman–Crippen LogP) is 4.00. The van der Waals surface area contributed by atoms with E-state index >= 15 is 0 Å². The van der Waals surface area contributed by atoms with Crippen LogP contribution >= 0.6 is 15.9 Å². The number of nitro benzene ring substituents is 1. The fourth-order valence-electron chi connectivity index (χ4n) is 2.04. The highest BCUT2D eigenvalue weighted by Gasteiger charge is 2.04. The van der Waals surface area contributed by atoms with Crippen molar-refractivity contribution in [2.45, 2.75) is 19.9 Å². The van der Waals surface area contributed by atoms with Gasteiger partial charge in [-0.1, -0.05) is 40.2 Å². The number of rotatable bonds is 6. The second-order valence-corrected chi connectivity index (χ2v) is 5.80. The summed E-state index contributed by atoms with van der Waals surface area (Å²) in [6, 6.07) is 13.0. The predicted molar refractivity (Wildman–Crippen MR) is 87.4 cm³/mol. The number of nitro groups is 1. The van der Waals surface area contributed by atoms with Gasteiger partial charge >= 0.3 is 0 Å². The monoisotopic (exact) mass is 348 g/mol. The normalized spacial score (nSPS) is 10.6. The molecule has 1 N–H and O–H groups in total. The highest BCUT2D eigenvalue weighted by molar-refractivity contribution is 9.10. The molecule has 0 amide bonds. The lowest BCUT2D eigenvalue weighted by Crippen LogP contribution is -2.17. The number of aryl methyl sites for hydroxylation is 1. The summed E-state index contributed by atoms with van der Waals surface area (Å²) in [5.74, 6) is 0. The number of nitrogens with one attached hydrogen (secondary N) is 1. The Kier molecular flexibility index (Phi) is 5.47. The van der Waals surface area contributed by atoms with Gasteiger partial charge in [-0.3, -0.25) is 10.1 Å². The molecule has 0 radical (unpaired) electrons. The van der Waals surface area contributed by atoms with Crippen LogP contribution in [0.15, 0.2) is 46.9 Å². The van der Waals surface area contributed by atoms with Gasteiger partial charge in [-0.15, -0.1) is 0 Å². The third-order valence-corrected chi connectivity index (χ3v) is 4.00. The maximum atomic E-state index is 10.6. The van der Waals surface area contributed by atoms with Gasteiger partial charge < -0.3 is 5.32 Å². The van der Waals surface area contributed by atoms with Crippen LogP contribution in [0.5, 0.6) is 0 Å². The molecule has 2 aromatic rings. The minimum Gasteiger partial charge on any atom is -0.312 e. The quantitative estimate of drug-likeness (QED) is 0.487. The molecule has 21 heavy (non-hydrogen) atoms. The molecule has 2 rings (SSSR count). The molecule has 0 aliphatic carbocycles. The minimum atomic E-state index is -0.378. The minimum absolute atomic E-state index is 0.135. The Hall–Kier alpha value is -1.72. The van der Waals surface area contributed by atoms with Crippen molar-refractivity contribution in [3.8, 4) is 0 Å². The number of halogens is 1. The molecule has 0 saturated heterocycles. The van der Waals surface area contributed by atoms with Crippen LogP contribution in [0.4, 0.5) is 5.69 Å². The molecule has 0 bridgehead atoms. The van der Waals surface area contributed by atoms with Gasteiger partial charge in [0.1, 0.15) is 0 Å². The van der Waals surface area contributed by atoms with E-state index in [2.05, 4.69) is 46.4 Å². The van der Waals surface area contributed by atoms with E-state index in [1.54, 1.807) is 12.1 Å². The van der Waals surface area contributed by atoms with Gasteiger partial charge in [0.05, 0.1) is 4.92 Å². The van der Waals surface area contributed by atoms with Crippen LogP contribution in [-0.2, 0) is 13.0 Å². The standard InChI is InChI=1S/C16H17BrN2O2/c1-12-2-5-14(16(17)10-12)11-18-9-8-13-3-6-15(7-4-13)19(20)21/h2-7,10,18H,8-9,11H2,1H3. The fraction of sp³-hybridized carbons (Fsp3) is 0.250. The molecule has 110 valence electrons. The van der Waals surface area contributed by atoms with Crippen molar-refractivity contribution in [2.75, 3.05) is 6.54 Å². The van der Waals surface area contributed by atoms with Crippen molar-refractivity contribution < 1.29 is 4.92 Å². The smallest absolute Gasteiger partial charge is 0.269 e. The SMILES string of the molecule is Cc1ccc(CNCCc2ccc([N+](=O)[O-])cc2)c(Br)c1. The van der Waals surface area contributed by atoms with Crippen molar-refractivity contribution in [1.82, 2.24) is 5.32 Å². The number of hydrogen-bond donors (Lipinski definition) is 1. The van der Waals surface area contributed by atoms with Crippen molar-refractivity contribution in [2.24, 2.45) is 0 Å². The average molecular weight is 349 g/mol. The van der Waals surface area contributed by atoms with Gasteiger partial charge in [0.25, 0.3) is 5.69 Å². The lowest BCUT2D eigenvalue weighted by atomic mass is 10.1. The first-order valence-electron chi connectivity index (χ1n) is 6.75. The van der Waals surface area contributed by atoms with Crippen LogP contribution in [0.1, 0.15) is 16.7 Å². The number of nitrogens with zero attached hydrogens (tertiary/aromatic N) is 1. The molecule has 0 aliphatic rings. The van der Waals surface area contributed by atoms with Gasteiger partial charge in [0.15, 0.2) is 0 Å². The molecule has 0 spiro atoms. The zero-order chi connectivity index (χ0) is 15.2. The van der Waals surface area contributed by atoms with E-state index in [1.165, 1.54) is 11.1 Å². The highest BCUT2D eigenvalue weighted by atomic mass is 79.9. The first-order chi connectivity index (χ1) is 10.1. The van der Waals surface area contributed by atoms with Gasteiger partial charge in [0.2, 0.25) is 0 Å². The van der Waals surface area contributed by atoms with E-state index in [1.807, 2.05) is 12.1 Å². The summed E-state index contributed by atoms with van der Waals surface area (Å²) in [7, 11) is 0. The van der Waals surface area contributed by atoms with Crippen molar-refractivity contribution in [3.63, 3.8) is 0 Å². The summed E-state index contributed by atoms with van der Waals surface area (Å²) in [4.78, 5) is 10.2. The van der Waals surface area contributed by atoms with E-state index in [4.69, 9.17) is 0 Å². The Bertz CT molecular complexity index is 627. The largest absolute Gasteiger partial charge is 0.312 e. The molecule has 0 saturated carbocycles. The number of benzene rings is 2. The lowest BCUT2D eigenvalue weighted by Gasteiger charge is -2.08. The van der Waals surface area contributed by atoms with E-state index < -0.39 is 0 Å². The van der Waals surface area contributed by atoms with Crippen LogP contribution in [0.3, 0.4) is 0 Å². The van der Waals surface area contributed by atoms with Gasteiger partial charge in [-0.05, 0) is 42.6 Å². The molecule has 0 aliphatic heterocycles. The summed E-state index contributed by atoms with van der Waals surface area (Å²) >= 11 is 3.56. The molecular formula is C16H17BrN2O2. The zero-order valence-electron chi connectivity index (χ0n) is 11.8. The average Bonchev–Trinajstić information content (AvgIpc) is 2.46. The second-order valence-electron chi connectivity index (χ2n) is 4.95.